The van der Waals surface area contributed by atoms with E-state index in [-0.39, 0.29) is 6.09 Å². The number of carbonyl (C=O) groups excluding carboxylic acids is 1. The summed E-state index contributed by atoms with van der Waals surface area (Å²) in [6.45, 7) is 8.77. The number of nitrogens with one attached hydrogen (secondary N) is 1. The standard InChI is InChI=1S/C18H24N6O2/c1-4-26-18(25)24-7-5-23(6-8-24)17-21-16(12-19-22-17)20-15-10-13(2)9-14(3)11-15/h9-12H,4-8H2,1-3H3,(H,20,21,22). The number of carbonyl (C=O) groups is 1. The van der Waals surface area contributed by atoms with Crippen LogP contribution in [0.3, 0.4) is 0 Å². The van der Waals surface area contributed by atoms with E-state index in [1.807, 2.05) is 11.8 Å². The van der Waals surface area contributed by atoms with E-state index in [0.29, 0.717) is 44.6 Å². The van der Waals surface area contributed by atoms with Gasteiger partial charge in [0.05, 0.1) is 12.8 Å². The van der Waals surface area contributed by atoms with E-state index < -0.39 is 0 Å². The molecule has 0 saturated carbocycles. The Bertz CT molecular complexity index is 754. The van der Waals surface area contributed by atoms with Gasteiger partial charge in [-0.2, -0.15) is 10.1 Å². The van der Waals surface area contributed by atoms with Crippen LogP contribution in [0.2, 0.25) is 0 Å². The Balaban J connectivity index is 1.65. The maximum atomic E-state index is 11.8. The largest absolute Gasteiger partial charge is 0.450 e. The number of rotatable bonds is 4. The maximum absolute atomic E-state index is 11.8. The van der Waals surface area contributed by atoms with Gasteiger partial charge in [-0.05, 0) is 44.0 Å². The fraction of sp³-hybridized carbons (Fsp3) is 0.444. The van der Waals surface area contributed by atoms with Crippen molar-refractivity contribution in [2.75, 3.05) is 43.0 Å². The lowest BCUT2D eigenvalue weighted by Gasteiger charge is -2.33. The van der Waals surface area contributed by atoms with Gasteiger partial charge in [0.15, 0.2) is 5.82 Å². The summed E-state index contributed by atoms with van der Waals surface area (Å²) >= 11 is 0. The van der Waals surface area contributed by atoms with Crippen LogP contribution in [0.1, 0.15) is 18.1 Å². The summed E-state index contributed by atoms with van der Waals surface area (Å²) < 4.78 is 5.04. The van der Waals surface area contributed by atoms with Gasteiger partial charge in [0, 0.05) is 31.9 Å². The Hall–Kier alpha value is -2.90. The zero-order valence-corrected chi connectivity index (χ0v) is 15.4. The monoisotopic (exact) mass is 356 g/mol. The second-order valence-electron chi connectivity index (χ2n) is 6.32. The highest BCUT2D eigenvalue weighted by molar-refractivity contribution is 5.68. The number of hydrogen-bond acceptors (Lipinski definition) is 7. The first-order valence-electron chi connectivity index (χ1n) is 8.77. The van der Waals surface area contributed by atoms with Crippen LogP contribution < -0.4 is 10.2 Å². The molecule has 1 amide bonds. The first kappa shape index (κ1) is 17.9. The van der Waals surface area contributed by atoms with Crippen LogP contribution in [0.5, 0.6) is 0 Å². The minimum atomic E-state index is -0.267. The van der Waals surface area contributed by atoms with Crippen LogP contribution in [0.25, 0.3) is 0 Å². The first-order valence-corrected chi connectivity index (χ1v) is 8.77. The number of ether oxygens (including phenoxy) is 1. The number of anilines is 3. The molecule has 0 spiro atoms. The number of aryl methyl sites for hydroxylation is 2. The molecule has 26 heavy (non-hydrogen) atoms. The Kier molecular flexibility index (Phi) is 5.50. The zero-order valence-electron chi connectivity index (χ0n) is 15.4. The summed E-state index contributed by atoms with van der Waals surface area (Å²) in [5.74, 6) is 1.20. The van der Waals surface area contributed by atoms with Crippen molar-refractivity contribution >= 4 is 23.5 Å². The molecule has 1 N–H and O–H groups in total. The molecule has 1 aromatic carbocycles. The van der Waals surface area contributed by atoms with E-state index in [1.54, 1.807) is 11.1 Å². The van der Waals surface area contributed by atoms with E-state index in [2.05, 4.69) is 52.5 Å². The fourth-order valence-electron chi connectivity index (χ4n) is 2.99. The number of aromatic nitrogens is 3. The predicted octanol–water partition coefficient (Wildman–Crippen LogP) is 2.51. The molecular formula is C18H24N6O2. The summed E-state index contributed by atoms with van der Waals surface area (Å²) in [6, 6.07) is 6.25. The molecule has 1 aliphatic heterocycles. The van der Waals surface area contributed by atoms with Crippen LogP contribution in [0, 0.1) is 13.8 Å². The SMILES string of the molecule is CCOC(=O)N1CCN(c2nncc(Nc3cc(C)cc(C)c3)n2)CC1. The van der Waals surface area contributed by atoms with Gasteiger partial charge in [0.1, 0.15) is 0 Å². The fourth-order valence-corrected chi connectivity index (χ4v) is 2.99. The summed E-state index contributed by atoms with van der Waals surface area (Å²) in [6.07, 6.45) is 1.34. The molecule has 2 heterocycles. The second-order valence-corrected chi connectivity index (χ2v) is 6.32. The molecule has 0 radical (unpaired) electrons. The minimum Gasteiger partial charge on any atom is -0.450 e. The van der Waals surface area contributed by atoms with Gasteiger partial charge in [-0.3, -0.25) is 0 Å². The number of benzene rings is 1. The Morgan fingerprint density at radius 1 is 1.15 bits per heavy atom. The smallest absolute Gasteiger partial charge is 0.409 e. The Morgan fingerprint density at radius 2 is 1.85 bits per heavy atom. The van der Waals surface area contributed by atoms with Crippen LogP contribution in [-0.2, 0) is 4.74 Å². The molecule has 8 heteroatoms. The summed E-state index contributed by atoms with van der Waals surface area (Å²) in [5.41, 5.74) is 3.34. The molecule has 1 fully saturated rings. The molecule has 0 atom stereocenters. The lowest BCUT2D eigenvalue weighted by atomic mass is 10.1. The molecule has 1 saturated heterocycles. The average molecular weight is 356 g/mol. The van der Waals surface area contributed by atoms with Gasteiger partial charge in [-0.1, -0.05) is 6.07 Å². The van der Waals surface area contributed by atoms with Gasteiger partial charge in [0.25, 0.3) is 0 Å². The summed E-state index contributed by atoms with van der Waals surface area (Å²) in [4.78, 5) is 20.1. The highest BCUT2D eigenvalue weighted by Crippen LogP contribution is 2.19. The van der Waals surface area contributed by atoms with Crippen LogP contribution in [0.15, 0.2) is 24.4 Å². The van der Waals surface area contributed by atoms with Crippen molar-refractivity contribution in [3.8, 4) is 0 Å². The number of amides is 1. The van der Waals surface area contributed by atoms with Crippen molar-refractivity contribution in [1.82, 2.24) is 20.1 Å². The quantitative estimate of drug-likeness (QED) is 0.901. The van der Waals surface area contributed by atoms with Crippen LogP contribution in [0.4, 0.5) is 22.2 Å². The topological polar surface area (TPSA) is 83.5 Å². The van der Waals surface area contributed by atoms with Crippen molar-refractivity contribution in [3.63, 3.8) is 0 Å². The normalized spacial score (nSPS) is 14.3. The molecule has 0 aliphatic carbocycles. The molecule has 1 aromatic heterocycles. The third-order valence-corrected chi connectivity index (χ3v) is 4.13. The summed E-state index contributed by atoms with van der Waals surface area (Å²) in [7, 11) is 0. The predicted molar refractivity (Wildman–Crippen MR) is 99.8 cm³/mol. The first-order chi connectivity index (χ1) is 12.5. The molecule has 0 unspecified atom stereocenters. The second kappa shape index (κ2) is 7.99. The number of piperazine rings is 1. The molecule has 138 valence electrons. The van der Waals surface area contributed by atoms with Gasteiger partial charge in [-0.25, -0.2) is 4.79 Å². The Labute approximate surface area is 153 Å². The molecule has 8 nitrogen and oxygen atoms in total. The van der Waals surface area contributed by atoms with Crippen LogP contribution >= 0.6 is 0 Å². The van der Waals surface area contributed by atoms with Crippen LogP contribution in [-0.4, -0.2) is 59.0 Å². The third-order valence-electron chi connectivity index (χ3n) is 4.13. The highest BCUT2D eigenvalue weighted by Gasteiger charge is 2.23. The van der Waals surface area contributed by atoms with Gasteiger partial charge in [0.2, 0.25) is 5.95 Å². The van der Waals surface area contributed by atoms with Crippen molar-refractivity contribution in [2.24, 2.45) is 0 Å². The summed E-state index contributed by atoms with van der Waals surface area (Å²) in [5, 5.41) is 11.5. The van der Waals surface area contributed by atoms with Crippen molar-refractivity contribution < 1.29 is 9.53 Å². The van der Waals surface area contributed by atoms with E-state index in [1.165, 1.54) is 11.1 Å². The van der Waals surface area contributed by atoms with E-state index in [9.17, 15) is 4.79 Å². The van der Waals surface area contributed by atoms with Crippen molar-refractivity contribution in [3.05, 3.63) is 35.5 Å². The van der Waals surface area contributed by atoms with E-state index in [4.69, 9.17) is 4.74 Å². The van der Waals surface area contributed by atoms with Crippen molar-refractivity contribution in [2.45, 2.75) is 20.8 Å². The molecular weight excluding hydrogens is 332 g/mol. The zero-order chi connectivity index (χ0) is 18.5. The van der Waals surface area contributed by atoms with E-state index in [0.717, 1.165) is 5.69 Å². The molecule has 2 aromatic rings. The molecule has 3 rings (SSSR count). The van der Waals surface area contributed by atoms with E-state index >= 15 is 0 Å². The number of nitrogens with zero attached hydrogens (tertiary/aromatic N) is 5. The lowest BCUT2D eigenvalue weighted by Crippen LogP contribution is -2.49. The van der Waals surface area contributed by atoms with Gasteiger partial charge < -0.3 is 19.9 Å². The Morgan fingerprint density at radius 3 is 2.50 bits per heavy atom. The van der Waals surface area contributed by atoms with Crippen molar-refractivity contribution in [1.29, 1.82) is 0 Å². The van der Waals surface area contributed by atoms with Gasteiger partial charge >= 0.3 is 6.09 Å². The minimum absolute atomic E-state index is 0.267. The average Bonchev–Trinajstić information content (AvgIpc) is 2.61. The highest BCUT2D eigenvalue weighted by atomic mass is 16.6. The maximum Gasteiger partial charge on any atom is 0.409 e. The number of hydrogen-bond donors (Lipinski definition) is 1. The van der Waals surface area contributed by atoms with Gasteiger partial charge in [-0.15, -0.1) is 5.10 Å². The molecule has 0 bridgehead atoms. The molecule has 1 aliphatic rings. The third kappa shape index (κ3) is 4.38. The lowest BCUT2D eigenvalue weighted by molar-refractivity contribution is 0.105.